The smallest absolute Gasteiger partial charge is 0.236 e. The molecule has 1 aromatic heterocycles. The van der Waals surface area contributed by atoms with Gasteiger partial charge in [0.15, 0.2) is 0 Å². The number of tetrazole rings is 1. The molecule has 0 saturated carbocycles. The number of aromatic nitrogens is 4. The number of anilines is 1. The lowest BCUT2D eigenvalue weighted by atomic mass is 10.2. The molecule has 1 atom stereocenters. The molecular weight excluding hydrogens is 384 g/mol. The second-order valence-electron chi connectivity index (χ2n) is 7.07. The van der Waals surface area contributed by atoms with Crippen LogP contribution in [0, 0.1) is 6.92 Å². The zero-order valence-corrected chi connectivity index (χ0v) is 17.4. The first-order valence-electron chi connectivity index (χ1n) is 9.73. The summed E-state index contributed by atoms with van der Waals surface area (Å²) >= 11 is 1.40. The summed E-state index contributed by atoms with van der Waals surface area (Å²) < 4.78 is 1.71. The third-order valence-electron chi connectivity index (χ3n) is 5.13. The van der Waals surface area contributed by atoms with Crippen molar-refractivity contribution in [3.63, 3.8) is 0 Å². The highest BCUT2D eigenvalue weighted by Crippen LogP contribution is 2.26. The Balaban J connectivity index is 1.39. The predicted molar refractivity (Wildman–Crippen MR) is 114 cm³/mol. The number of rotatable bonds is 5. The Morgan fingerprint density at radius 3 is 2.41 bits per heavy atom. The summed E-state index contributed by atoms with van der Waals surface area (Å²) in [7, 11) is 0. The van der Waals surface area contributed by atoms with Crippen molar-refractivity contribution in [1.82, 2.24) is 25.1 Å². The van der Waals surface area contributed by atoms with Gasteiger partial charge in [0.05, 0.1) is 10.9 Å². The van der Waals surface area contributed by atoms with Gasteiger partial charge in [-0.25, -0.2) is 0 Å². The van der Waals surface area contributed by atoms with Crippen LogP contribution < -0.4 is 4.90 Å². The molecule has 0 radical (unpaired) electrons. The second-order valence-corrected chi connectivity index (χ2v) is 8.38. The largest absolute Gasteiger partial charge is 0.368 e. The molecule has 1 fully saturated rings. The summed E-state index contributed by atoms with van der Waals surface area (Å²) in [6.45, 7) is 7.07. The Kier molecular flexibility index (Phi) is 5.80. The van der Waals surface area contributed by atoms with E-state index in [9.17, 15) is 4.79 Å². The summed E-state index contributed by atoms with van der Waals surface area (Å²) in [5, 5.41) is 12.4. The lowest BCUT2D eigenvalue weighted by Crippen LogP contribution is -2.50. The molecule has 150 valence electrons. The molecule has 3 aromatic rings. The fourth-order valence-corrected chi connectivity index (χ4v) is 4.38. The summed E-state index contributed by atoms with van der Waals surface area (Å²) in [6, 6.07) is 18.3. The number of hydrogen-bond donors (Lipinski definition) is 0. The molecular formula is C21H24N6OS. The van der Waals surface area contributed by atoms with Crippen molar-refractivity contribution in [1.29, 1.82) is 0 Å². The Morgan fingerprint density at radius 2 is 1.69 bits per heavy atom. The highest BCUT2D eigenvalue weighted by molar-refractivity contribution is 8.00. The average molecular weight is 409 g/mol. The van der Waals surface area contributed by atoms with Gasteiger partial charge in [-0.1, -0.05) is 48.2 Å². The number of amides is 1. The zero-order valence-electron chi connectivity index (χ0n) is 16.6. The minimum Gasteiger partial charge on any atom is -0.368 e. The number of thioether (sulfide) groups is 1. The van der Waals surface area contributed by atoms with Gasteiger partial charge in [0.2, 0.25) is 11.1 Å². The number of aryl methyl sites for hydroxylation is 1. The maximum Gasteiger partial charge on any atom is 0.236 e. The number of hydrogen-bond acceptors (Lipinski definition) is 6. The van der Waals surface area contributed by atoms with Gasteiger partial charge in [-0.05, 0) is 48.0 Å². The van der Waals surface area contributed by atoms with E-state index in [1.54, 1.807) is 4.68 Å². The van der Waals surface area contributed by atoms with Crippen molar-refractivity contribution < 1.29 is 4.79 Å². The van der Waals surface area contributed by atoms with Crippen molar-refractivity contribution in [2.45, 2.75) is 24.3 Å². The highest BCUT2D eigenvalue weighted by atomic mass is 32.2. The molecule has 4 rings (SSSR count). The van der Waals surface area contributed by atoms with Gasteiger partial charge >= 0.3 is 0 Å². The molecule has 0 aliphatic carbocycles. The maximum atomic E-state index is 13.0. The number of piperazine rings is 1. The molecule has 1 amide bonds. The lowest BCUT2D eigenvalue weighted by molar-refractivity contribution is -0.130. The van der Waals surface area contributed by atoms with Crippen LogP contribution >= 0.6 is 11.8 Å². The van der Waals surface area contributed by atoms with Crippen LogP contribution in [-0.4, -0.2) is 62.4 Å². The third kappa shape index (κ3) is 4.27. The normalized spacial score (nSPS) is 15.4. The van der Waals surface area contributed by atoms with Crippen molar-refractivity contribution in [2.75, 3.05) is 31.1 Å². The lowest BCUT2D eigenvalue weighted by Gasteiger charge is -2.37. The van der Waals surface area contributed by atoms with Gasteiger partial charge in [0.1, 0.15) is 0 Å². The Labute approximate surface area is 174 Å². The van der Waals surface area contributed by atoms with E-state index in [0.29, 0.717) is 5.16 Å². The fraction of sp³-hybridized carbons (Fsp3) is 0.333. The van der Waals surface area contributed by atoms with Gasteiger partial charge in [-0.2, -0.15) is 4.68 Å². The van der Waals surface area contributed by atoms with Crippen LogP contribution in [0.3, 0.4) is 0 Å². The Bertz CT molecular complexity index is 968. The molecule has 7 nitrogen and oxygen atoms in total. The second kappa shape index (κ2) is 8.65. The Hall–Kier alpha value is -2.87. The van der Waals surface area contributed by atoms with Crippen LogP contribution in [0.5, 0.6) is 0 Å². The van der Waals surface area contributed by atoms with E-state index in [2.05, 4.69) is 32.6 Å². The third-order valence-corrected chi connectivity index (χ3v) is 6.15. The number of carbonyl (C=O) groups excluding carboxylic acids is 1. The predicted octanol–water partition coefficient (Wildman–Crippen LogP) is 2.80. The minimum atomic E-state index is -0.257. The number of para-hydroxylation sites is 2. The van der Waals surface area contributed by atoms with Gasteiger partial charge in [-0.3, -0.25) is 4.79 Å². The van der Waals surface area contributed by atoms with Crippen molar-refractivity contribution in [3.05, 3.63) is 60.2 Å². The summed E-state index contributed by atoms with van der Waals surface area (Å²) in [5.41, 5.74) is 3.22. The summed E-state index contributed by atoms with van der Waals surface area (Å²) in [5.74, 6) is 0.127. The van der Waals surface area contributed by atoms with Crippen LogP contribution in [-0.2, 0) is 4.79 Å². The molecule has 2 aromatic carbocycles. The fourth-order valence-electron chi connectivity index (χ4n) is 3.49. The first-order valence-corrected chi connectivity index (χ1v) is 10.6. The Morgan fingerprint density at radius 1 is 1.00 bits per heavy atom. The van der Waals surface area contributed by atoms with Crippen LogP contribution in [0.25, 0.3) is 5.69 Å². The van der Waals surface area contributed by atoms with Crippen LogP contribution in [0.2, 0.25) is 0 Å². The minimum absolute atomic E-state index is 0.127. The van der Waals surface area contributed by atoms with Gasteiger partial charge in [-0.15, -0.1) is 5.10 Å². The monoisotopic (exact) mass is 408 g/mol. The highest BCUT2D eigenvalue weighted by Gasteiger charge is 2.27. The van der Waals surface area contributed by atoms with E-state index in [0.717, 1.165) is 37.4 Å². The standard InChI is InChI=1S/C21H24N6OS/c1-16-8-6-7-11-19(16)27-21(22-23-24-27)29-17(2)20(28)26-14-12-25(13-15-26)18-9-4-3-5-10-18/h3-11,17H,12-15H2,1-2H3/t17-/m0/s1. The number of benzene rings is 2. The van der Waals surface area contributed by atoms with E-state index in [-0.39, 0.29) is 11.2 Å². The maximum absolute atomic E-state index is 13.0. The van der Waals surface area contributed by atoms with E-state index < -0.39 is 0 Å². The first kappa shape index (κ1) is 19.4. The molecule has 2 heterocycles. The number of carbonyl (C=O) groups is 1. The number of nitrogens with zero attached hydrogens (tertiary/aromatic N) is 6. The summed E-state index contributed by atoms with van der Waals surface area (Å²) in [6.07, 6.45) is 0. The van der Waals surface area contributed by atoms with Crippen LogP contribution in [0.4, 0.5) is 5.69 Å². The van der Waals surface area contributed by atoms with Crippen LogP contribution in [0.15, 0.2) is 59.8 Å². The van der Waals surface area contributed by atoms with Gasteiger partial charge in [0, 0.05) is 31.9 Å². The SMILES string of the molecule is Cc1ccccc1-n1nnnc1S[C@@H](C)C(=O)N1CCN(c2ccccc2)CC1. The van der Waals surface area contributed by atoms with E-state index in [4.69, 9.17) is 0 Å². The van der Waals surface area contributed by atoms with Gasteiger partial charge < -0.3 is 9.80 Å². The van der Waals surface area contributed by atoms with E-state index in [1.165, 1.54) is 17.4 Å². The van der Waals surface area contributed by atoms with Crippen molar-refractivity contribution >= 4 is 23.4 Å². The molecule has 0 spiro atoms. The van der Waals surface area contributed by atoms with Crippen molar-refractivity contribution in [2.24, 2.45) is 0 Å². The van der Waals surface area contributed by atoms with E-state index in [1.807, 2.05) is 61.2 Å². The first-order chi connectivity index (χ1) is 14.1. The van der Waals surface area contributed by atoms with E-state index >= 15 is 0 Å². The molecule has 0 unspecified atom stereocenters. The quantitative estimate of drug-likeness (QED) is 0.605. The average Bonchev–Trinajstić information content (AvgIpc) is 3.22. The molecule has 0 N–H and O–H groups in total. The van der Waals surface area contributed by atoms with Gasteiger partial charge in [0.25, 0.3) is 0 Å². The molecule has 1 saturated heterocycles. The molecule has 0 bridgehead atoms. The molecule has 1 aliphatic heterocycles. The molecule has 8 heteroatoms. The summed E-state index contributed by atoms with van der Waals surface area (Å²) in [4.78, 5) is 17.3. The molecule has 29 heavy (non-hydrogen) atoms. The van der Waals surface area contributed by atoms with Crippen molar-refractivity contribution in [3.8, 4) is 5.69 Å². The van der Waals surface area contributed by atoms with Crippen LogP contribution in [0.1, 0.15) is 12.5 Å². The zero-order chi connectivity index (χ0) is 20.2. The topological polar surface area (TPSA) is 67.2 Å². The molecule has 1 aliphatic rings.